The van der Waals surface area contributed by atoms with Gasteiger partial charge in [-0.05, 0) is 39.5 Å². The number of hydrogen-bond donors (Lipinski definition) is 2. The molecule has 17 heavy (non-hydrogen) atoms. The van der Waals surface area contributed by atoms with E-state index >= 15 is 0 Å². The van der Waals surface area contributed by atoms with Gasteiger partial charge in [0.05, 0.1) is 5.41 Å². The molecule has 1 rings (SSSR count). The molecule has 0 aromatic carbocycles. The van der Waals surface area contributed by atoms with Gasteiger partial charge in [-0.25, -0.2) is 4.79 Å². The molecular formula is C12H21NO4. The number of amides is 1. The fourth-order valence-corrected chi connectivity index (χ4v) is 1.98. The van der Waals surface area contributed by atoms with Crippen LogP contribution in [0, 0.1) is 11.3 Å². The summed E-state index contributed by atoms with van der Waals surface area (Å²) in [5, 5.41) is 11.8. The minimum absolute atomic E-state index is 0.0925. The van der Waals surface area contributed by atoms with E-state index in [9.17, 15) is 14.7 Å². The minimum Gasteiger partial charge on any atom is -0.481 e. The molecule has 1 saturated carbocycles. The first kappa shape index (κ1) is 13.8. The predicted molar refractivity (Wildman–Crippen MR) is 62.7 cm³/mol. The first-order valence-corrected chi connectivity index (χ1v) is 5.88. The van der Waals surface area contributed by atoms with Crippen molar-refractivity contribution in [3.63, 3.8) is 0 Å². The summed E-state index contributed by atoms with van der Waals surface area (Å²) in [6.45, 7) is 7.34. The van der Waals surface area contributed by atoms with E-state index in [0.717, 1.165) is 6.42 Å². The number of carboxylic acid groups (broad SMARTS) is 1. The topological polar surface area (TPSA) is 75.6 Å². The molecule has 0 spiro atoms. The van der Waals surface area contributed by atoms with Crippen molar-refractivity contribution >= 4 is 12.1 Å². The van der Waals surface area contributed by atoms with Gasteiger partial charge in [-0.2, -0.15) is 0 Å². The van der Waals surface area contributed by atoms with Crippen LogP contribution in [0.4, 0.5) is 4.79 Å². The Balaban J connectivity index is 2.49. The monoisotopic (exact) mass is 243 g/mol. The van der Waals surface area contributed by atoms with Gasteiger partial charge < -0.3 is 15.2 Å². The van der Waals surface area contributed by atoms with E-state index in [2.05, 4.69) is 5.32 Å². The first-order valence-electron chi connectivity index (χ1n) is 5.88. The Labute approximate surface area is 102 Å². The van der Waals surface area contributed by atoms with Crippen molar-refractivity contribution in [3.8, 4) is 0 Å². The van der Waals surface area contributed by atoms with E-state index in [1.165, 1.54) is 0 Å². The third-order valence-corrected chi connectivity index (χ3v) is 3.34. The van der Waals surface area contributed by atoms with Crippen LogP contribution in [0.1, 0.15) is 40.5 Å². The minimum atomic E-state index is -0.840. The molecule has 0 radical (unpaired) electrons. The molecule has 0 aliphatic heterocycles. The maximum Gasteiger partial charge on any atom is 0.407 e. The van der Waals surface area contributed by atoms with Crippen molar-refractivity contribution in [3.05, 3.63) is 0 Å². The van der Waals surface area contributed by atoms with E-state index in [0.29, 0.717) is 6.42 Å². The van der Waals surface area contributed by atoms with Gasteiger partial charge in [0.1, 0.15) is 5.60 Å². The highest BCUT2D eigenvalue weighted by Gasteiger charge is 2.50. The molecule has 2 atom stereocenters. The lowest BCUT2D eigenvalue weighted by Crippen LogP contribution is -2.53. The van der Waals surface area contributed by atoms with Crippen molar-refractivity contribution in [2.24, 2.45) is 11.3 Å². The van der Waals surface area contributed by atoms with Gasteiger partial charge in [-0.3, -0.25) is 4.79 Å². The standard InChI is InChI=1S/C12H21NO4/c1-8-5-6-12(8,9(14)15)7-13-10(16)17-11(2,3)4/h8H,5-7H2,1-4H3,(H,13,16)(H,14,15). The summed E-state index contributed by atoms with van der Waals surface area (Å²) in [4.78, 5) is 22.7. The normalized spacial score (nSPS) is 28.1. The summed E-state index contributed by atoms with van der Waals surface area (Å²) >= 11 is 0. The second-order valence-electron chi connectivity index (χ2n) is 5.76. The Morgan fingerprint density at radius 2 is 2.06 bits per heavy atom. The van der Waals surface area contributed by atoms with Crippen LogP contribution in [0.15, 0.2) is 0 Å². The Hall–Kier alpha value is -1.26. The number of carbonyl (C=O) groups excluding carboxylic acids is 1. The lowest BCUT2D eigenvalue weighted by molar-refractivity contribution is -0.159. The Morgan fingerprint density at radius 3 is 2.35 bits per heavy atom. The number of rotatable bonds is 3. The number of carbonyl (C=O) groups is 2. The van der Waals surface area contributed by atoms with Crippen molar-refractivity contribution in [2.75, 3.05) is 6.54 Å². The summed E-state index contributed by atoms with van der Waals surface area (Å²) < 4.78 is 5.07. The average Bonchev–Trinajstić information content (AvgIpc) is 2.12. The van der Waals surface area contributed by atoms with Gasteiger partial charge in [0, 0.05) is 6.54 Å². The first-order chi connectivity index (χ1) is 7.67. The van der Waals surface area contributed by atoms with Gasteiger partial charge in [-0.1, -0.05) is 6.92 Å². The van der Waals surface area contributed by atoms with Gasteiger partial charge in [-0.15, -0.1) is 0 Å². The fourth-order valence-electron chi connectivity index (χ4n) is 1.98. The van der Waals surface area contributed by atoms with Crippen molar-refractivity contribution in [2.45, 2.75) is 46.1 Å². The quantitative estimate of drug-likeness (QED) is 0.795. The highest BCUT2D eigenvalue weighted by Crippen LogP contribution is 2.46. The second kappa shape index (κ2) is 4.55. The van der Waals surface area contributed by atoms with Crippen molar-refractivity contribution < 1.29 is 19.4 Å². The largest absolute Gasteiger partial charge is 0.481 e. The average molecular weight is 243 g/mol. The zero-order chi connectivity index (χ0) is 13.3. The third-order valence-electron chi connectivity index (χ3n) is 3.34. The van der Waals surface area contributed by atoms with Crippen LogP contribution < -0.4 is 5.32 Å². The maximum atomic E-state index is 11.4. The predicted octanol–water partition coefficient (Wildman–Crippen LogP) is 2.01. The molecule has 0 bridgehead atoms. The molecule has 0 heterocycles. The number of alkyl carbamates (subject to hydrolysis) is 1. The van der Waals surface area contributed by atoms with Crippen LogP contribution >= 0.6 is 0 Å². The van der Waals surface area contributed by atoms with Gasteiger partial charge in [0.2, 0.25) is 0 Å². The molecule has 5 heteroatoms. The number of nitrogens with one attached hydrogen (secondary N) is 1. The van der Waals surface area contributed by atoms with Crippen LogP contribution in [0.5, 0.6) is 0 Å². The maximum absolute atomic E-state index is 11.4. The number of hydrogen-bond acceptors (Lipinski definition) is 3. The summed E-state index contributed by atoms with van der Waals surface area (Å²) in [6, 6.07) is 0. The Morgan fingerprint density at radius 1 is 1.47 bits per heavy atom. The van der Waals surface area contributed by atoms with Crippen LogP contribution in [0.3, 0.4) is 0 Å². The lowest BCUT2D eigenvalue weighted by Gasteiger charge is -2.44. The van der Waals surface area contributed by atoms with E-state index in [4.69, 9.17) is 4.74 Å². The zero-order valence-corrected chi connectivity index (χ0v) is 10.9. The van der Waals surface area contributed by atoms with Crippen molar-refractivity contribution in [1.82, 2.24) is 5.32 Å². The molecular weight excluding hydrogens is 222 g/mol. The molecule has 5 nitrogen and oxygen atoms in total. The molecule has 0 aromatic rings. The van der Waals surface area contributed by atoms with E-state index in [-0.39, 0.29) is 12.5 Å². The molecule has 1 amide bonds. The molecule has 1 aliphatic rings. The summed E-state index contributed by atoms with van der Waals surface area (Å²) in [6.07, 6.45) is 0.943. The van der Waals surface area contributed by atoms with E-state index in [1.807, 2.05) is 6.92 Å². The Kier molecular flexibility index (Phi) is 3.69. The summed E-state index contributed by atoms with van der Waals surface area (Å²) in [7, 11) is 0. The SMILES string of the molecule is CC1CCC1(CNC(=O)OC(C)(C)C)C(=O)O. The molecule has 98 valence electrons. The number of aliphatic carboxylic acids is 1. The number of ether oxygens (including phenoxy) is 1. The smallest absolute Gasteiger partial charge is 0.407 e. The van der Waals surface area contributed by atoms with Crippen LogP contribution in [0.2, 0.25) is 0 Å². The van der Waals surface area contributed by atoms with E-state index in [1.54, 1.807) is 20.8 Å². The fraction of sp³-hybridized carbons (Fsp3) is 0.833. The van der Waals surface area contributed by atoms with Crippen LogP contribution in [-0.2, 0) is 9.53 Å². The molecule has 1 fully saturated rings. The van der Waals surface area contributed by atoms with Crippen molar-refractivity contribution in [1.29, 1.82) is 0 Å². The molecule has 1 aliphatic carbocycles. The van der Waals surface area contributed by atoms with Crippen LogP contribution in [0.25, 0.3) is 0 Å². The molecule has 0 aromatic heterocycles. The molecule has 2 unspecified atom stereocenters. The van der Waals surface area contributed by atoms with Gasteiger partial charge in [0.25, 0.3) is 0 Å². The highest BCUT2D eigenvalue weighted by molar-refractivity contribution is 5.78. The van der Waals surface area contributed by atoms with E-state index < -0.39 is 23.1 Å². The third kappa shape index (κ3) is 3.11. The molecule has 2 N–H and O–H groups in total. The lowest BCUT2D eigenvalue weighted by atomic mass is 9.61. The van der Waals surface area contributed by atoms with Gasteiger partial charge >= 0.3 is 12.1 Å². The van der Waals surface area contributed by atoms with Gasteiger partial charge in [0.15, 0.2) is 0 Å². The summed E-state index contributed by atoms with van der Waals surface area (Å²) in [5.74, 6) is -0.748. The Bertz CT molecular complexity index is 321. The molecule has 0 saturated heterocycles. The second-order valence-corrected chi connectivity index (χ2v) is 5.76. The summed E-state index contributed by atoms with van der Waals surface area (Å²) in [5.41, 5.74) is -1.37. The number of carboxylic acids is 1. The highest BCUT2D eigenvalue weighted by atomic mass is 16.6. The zero-order valence-electron chi connectivity index (χ0n) is 10.9. The van der Waals surface area contributed by atoms with Crippen LogP contribution in [-0.4, -0.2) is 29.3 Å².